The van der Waals surface area contributed by atoms with Crippen LogP contribution in [-0.2, 0) is 14.3 Å². The molecular formula is C24H22FNO5. The third-order valence-corrected chi connectivity index (χ3v) is 4.51. The number of amides is 1. The number of halogens is 1. The van der Waals surface area contributed by atoms with Gasteiger partial charge in [0.1, 0.15) is 23.1 Å². The number of phenols is 1. The first-order valence-electron chi connectivity index (χ1n) is 9.64. The quantitative estimate of drug-likeness (QED) is 0.440. The molecule has 0 unspecified atom stereocenters. The van der Waals surface area contributed by atoms with E-state index in [1.807, 2.05) is 0 Å². The lowest BCUT2D eigenvalue weighted by atomic mass is 10.0. The van der Waals surface area contributed by atoms with Gasteiger partial charge in [0.25, 0.3) is 0 Å². The first kappa shape index (κ1) is 21.8. The molecule has 6 nitrogen and oxygen atoms in total. The summed E-state index contributed by atoms with van der Waals surface area (Å²) < 4.78 is 24.2. The van der Waals surface area contributed by atoms with Crippen LogP contribution in [0.1, 0.15) is 18.1 Å². The molecule has 0 aliphatic heterocycles. The lowest BCUT2D eigenvalue weighted by Gasteiger charge is -2.17. The van der Waals surface area contributed by atoms with E-state index in [0.717, 1.165) is 11.1 Å². The third kappa shape index (κ3) is 5.19. The number of anilines is 1. The Labute approximate surface area is 179 Å². The molecule has 0 aliphatic rings. The zero-order chi connectivity index (χ0) is 22.5. The molecule has 7 heteroatoms. The second kappa shape index (κ2) is 9.30. The normalized spacial score (nSPS) is 10.5. The van der Waals surface area contributed by atoms with E-state index in [9.17, 15) is 19.1 Å². The number of carbonyl (C=O) groups excluding carboxylic acids is 2. The first-order valence-corrected chi connectivity index (χ1v) is 9.64. The minimum atomic E-state index is -0.953. The molecular weight excluding hydrogens is 401 g/mol. The van der Waals surface area contributed by atoms with Gasteiger partial charge in [-0.3, -0.25) is 4.79 Å². The number of ether oxygens (including phenoxy) is 2. The van der Waals surface area contributed by atoms with Crippen LogP contribution in [0.5, 0.6) is 17.2 Å². The van der Waals surface area contributed by atoms with Gasteiger partial charge in [0, 0.05) is 11.3 Å². The van der Waals surface area contributed by atoms with E-state index in [4.69, 9.17) is 9.47 Å². The van der Waals surface area contributed by atoms with Crippen molar-refractivity contribution in [1.29, 1.82) is 0 Å². The van der Waals surface area contributed by atoms with Crippen LogP contribution in [0.2, 0.25) is 0 Å². The molecule has 0 aromatic heterocycles. The Morgan fingerprint density at radius 1 is 1.00 bits per heavy atom. The SMILES string of the molecule is CCOC(=O)C(=O)Nc1cc(C)c(Oc2ccc(O)cc2-c2ccc(F)cc2)c(C)c1. The topological polar surface area (TPSA) is 84.9 Å². The highest BCUT2D eigenvalue weighted by Gasteiger charge is 2.17. The smallest absolute Gasteiger partial charge is 0.397 e. The van der Waals surface area contributed by atoms with Crippen LogP contribution in [0.3, 0.4) is 0 Å². The van der Waals surface area contributed by atoms with Crippen LogP contribution in [0.15, 0.2) is 54.6 Å². The molecule has 160 valence electrons. The summed E-state index contributed by atoms with van der Waals surface area (Å²) in [4.78, 5) is 23.4. The Hall–Kier alpha value is -3.87. The maximum atomic E-state index is 13.3. The molecule has 0 bridgehead atoms. The number of rotatable bonds is 5. The van der Waals surface area contributed by atoms with Crippen molar-refractivity contribution in [2.45, 2.75) is 20.8 Å². The molecule has 3 rings (SSSR count). The van der Waals surface area contributed by atoms with Crippen molar-refractivity contribution < 1.29 is 28.6 Å². The highest BCUT2D eigenvalue weighted by molar-refractivity contribution is 6.37. The van der Waals surface area contributed by atoms with Gasteiger partial charge >= 0.3 is 11.9 Å². The number of aryl methyl sites for hydroxylation is 2. The average molecular weight is 423 g/mol. The monoisotopic (exact) mass is 423 g/mol. The highest BCUT2D eigenvalue weighted by atomic mass is 19.1. The largest absolute Gasteiger partial charge is 0.508 e. The van der Waals surface area contributed by atoms with Gasteiger partial charge in [-0.25, -0.2) is 9.18 Å². The maximum Gasteiger partial charge on any atom is 0.397 e. The van der Waals surface area contributed by atoms with Gasteiger partial charge in [0.05, 0.1) is 6.61 Å². The zero-order valence-corrected chi connectivity index (χ0v) is 17.4. The van der Waals surface area contributed by atoms with Crippen molar-refractivity contribution in [2.75, 3.05) is 11.9 Å². The molecule has 0 fully saturated rings. The number of carbonyl (C=O) groups is 2. The number of aromatic hydroxyl groups is 1. The standard InChI is InChI=1S/C24H22FNO5/c1-4-30-24(29)23(28)26-18-11-14(2)22(15(3)12-18)31-21-10-9-19(27)13-20(21)16-5-7-17(25)8-6-16/h5-13,27H,4H2,1-3H3,(H,26,28). The van der Waals surface area contributed by atoms with Gasteiger partial charge < -0.3 is 19.9 Å². The molecule has 0 aliphatic carbocycles. The molecule has 0 spiro atoms. The third-order valence-electron chi connectivity index (χ3n) is 4.51. The molecule has 1 amide bonds. The van der Waals surface area contributed by atoms with E-state index in [1.165, 1.54) is 18.2 Å². The van der Waals surface area contributed by atoms with E-state index in [0.29, 0.717) is 28.3 Å². The lowest BCUT2D eigenvalue weighted by molar-refractivity contribution is -0.152. The molecule has 0 atom stereocenters. The number of phenolic OH excluding ortho intramolecular Hbond substituents is 1. The lowest BCUT2D eigenvalue weighted by Crippen LogP contribution is -2.25. The number of benzene rings is 3. The molecule has 3 aromatic carbocycles. The fourth-order valence-corrected chi connectivity index (χ4v) is 3.13. The van der Waals surface area contributed by atoms with Gasteiger partial charge in [0.15, 0.2) is 0 Å². The van der Waals surface area contributed by atoms with Gasteiger partial charge in [-0.1, -0.05) is 12.1 Å². The van der Waals surface area contributed by atoms with Crippen molar-refractivity contribution in [3.63, 3.8) is 0 Å². The number of hydrogen-bond donors (Lipinski definition) is 2. The molecule has 0 saturated carbocycles. The summed E-state index contributed by atoms with van der Waals surface area (Å²) >= 11 is 0. The average Bonchev–Trinajstić information content (AvgIpc) is 2.72. The summed E-state index contributed by atoms with van der Waals surface area (Å²) in [5.74, 6) is -1.09. The van der Waals surface area contributed by atoms with Crippen LogP contribution < -0.4 is 10.1 Å². The van der Waals surface area contributed by atoms with Crippen LogP contribution >= 0.6 is 0 Å². The molecule has 31 heavy (non-hydrogen) atoms. The zero-order valence-electron chi connectivity index (χ0n) is 17.4. The van der Waals surface area contributed by atoms with E-state index in [-0.39, 0.29) is 18.2 Å². The predicted octanol–water partition coefficient (Wildman–Crippen LogP) is 5.11. The minimum Gasteiger partial charge on any atom is -0.508 e. The molecule has 3 aromatic rings. The Bertz CT molecular complexity index is 1100. The summed E-state index contributed by atoms with van der Waals surface area (Å²) in [6.45, 7) is 5.34. The first-order chi connectivity index (χ1) is 14.8. The number of nitrogens with one attached hydrogen (secondary N) is 1. The van der Waals surface area contributed by atoms with E-state index in [2.05, 4.69) is 5.32 Å². The fraction of sp³-hybridized carbons (Fsp3) is 0.167. The van der Waals surface area contributed by atoms with Crippen LogP contribution in [0.4, 0.5) is 10.1 Å². The van der Waals surface area contributed by atoms with Crippen molar-refractivity contribution in [3.05, 3.63) is 71.5 Å². The fourth-order valence-electron chi connectivity index (χ4n) is 3.13. The van der Waals surface area contributed by atoms with Crippen molar-refractivity contribution in [2.24, 2.45) is 0 Å². The minimum absolute atomic E-state index is 0.0529. The van der Waals surface area contributed by atoms with Crippen LogP contribution in [0.25, 0.3) is 11.1 Å². The summed E-state index contributed by atoms with van der Waals surface area (Å²) in [5.41, 5.74) is 3.15. The number of hydrogen-bond acceptors (Lipinski definition) is 5. The van der Waals surface area contributed by atoms with E-state index >= 15 is 0 Å². The van der Waals surface area contributed by atoms with E-state index < -0.39 is 11.9 Å². The van der Waals surface area contributed by atoms with Crippen molar-refractivity contribution in [1.82, 2.24) is 0 Å². The van der Waals surface area contributed by atoms with Gasteiger partial charge in [-0.05, 0) is 79.9 Å². The highest BCUT2D eigenvalue weighted by Crippen LogP contribution is 2.38. The second-order valence-corrected chi connectivity index (χ2v) is 6.90. The summed E-state index contributed by atoms with van der Waals surface area (Å²) in [5, 5.41) is 12.4. The molecule has 0 heterocycles. The van der Waals surface area contributed by atoms with Crippen molar-refractivity contribution in [3.8, 4) is 28.4 Å². The molecule has 0 radical (unpaired) electrons. The van der Waals surface area contributed by atoms with Gasteiger partial charge in [-0.15, -0.1) is 0 Å². The summed E-state index contributed by atoms with van der Waals surface area (Å²) in [6, 6.07) is 13.9. The Kier molecular flexibility index (Phi) is 6.55. The second-order valence-electron chi connectivity index (χ2n) is 6.90. The van der Waals surface area contributed by atoms with Crippen molar-refractivity contribution >= 4 is 17.6 Å². The number of esters is 1. The Morgan fingerprint density at radius 2 is 1.65 bits per heavy atom. The summed E-state index contributed by atoms with van der Waals surface area (Å²) in [7, 11) is 0. The Morgan fingerprint density at radius 3 is 2.26 bits per heavy atom. The van der Waals surface area contributed by atoms with Crippen LogP contribution in [0, 0.1) is 19.7 Å². The van der Waals surface area contributed by atoms with E-state index in [1.54, 1.807) is 57.2 Å². The summed E-state index contributed by atoms with van der Waals surface area (Å²) in [6.07, 6.45) is 0. The van der Waals surface area contributed by atoms with Crippen LogP contribution in [-0.4, -0.2) is 23.6 Å². The Balaban J connectivity index is 1.91. The van der Waals surface area contributed by atoms with Gasteiger partial charge in [-0.2, -0.15) is 0 Å². The predicted molar refractivity (Wildman–Crippen MR) is 115 cm³/mol. The molecule has 2 N–H and O–H groups in total. The molecule has 0 saturated heterocycles. The maximum absolute atomic E-state index is 13.3. The van der Waals surface area contributed by atoms with Gasteiger partial charge in [0.2, 0.25) is 0 Å².